The highest BCUT2D eigenvalue weighted by Gasteiger charge is 2.26. The first kappa shape index (κ1) is 21.8. The highest BCUT2D eigenvalue weighted by atomic mass is 35.5. The zero-order valence-electron chi connectivity index (χ0n) is 17.3. The molecule has 0 bridgehead atoms. The van der Waals surface area contributed by atoms with Gasteiger partial charge in [0.25, 0.3) is 0 Å². The maximum atomic E-state index is 13.3. The largest absolute Gasteiger partial charge is 0.495 e. The highest BCUT2D eigenvalue weighted by molar-refractivity contribution is 8.00. The van der Waals surface area contributed by atoms with Crippen LogP contribution in [0, 0.1) is 6.92 Å². The van der Waals surface area contributed by atoms with Crippen LogP contribution in [0.15, 0.2) is 70.4 Å². The van der Waals surface area contributed by atoms with Crippen LogP contribution in [0.1, 0.15) is 16.6 Å². The monoisotopic (exact) mass is 469 g/mol. The second kappa shape index (κ2) is 9.37. The van der Waals surface area contributed by atoms with Gasteiger partial charge in [-0.05, 0) is 36.8 Å². The third kappa shape index (κ3) is 4.44. The molecule has 10 heteroatoms. The molecule has 1 unspecified atom stereocenters. The minimum Gasteiger partial charge on any atom is -0.495 e. The number of benzene rings is 2. The Labute approximate surface area is 193 Å². The van der Waals surface area contributed by atoms with Crippen LogP contribution in [-0.4, -0.2) is 27.9 Å². The fourth-order valence-electron chi connectivity index (χ4n) is 3.12. The van der Waals surface area contributed by atoms with E-state index in [-0.39, 0.29) is 5.91 Å². The van der Waals surface area contributed by atoms with Crippen LogP contribution >= 0.6 is 23.4 Å². The standard InChI is InChI=1S/C22H20ClN5O3S/c1-13-16(10-11-31-13)20-26-27-22(28(20)24)32-19(14-6-4-3-5-7-14)21(29)25-15-8-9-18(30-2)17(23)12-15/h3-12,19H,24H2,1-2H3,(H,25,29). The van der Waals surface area contributed by atoms with Gasteiger partial charge in [-0.15, -0.1) is 10.2 Å². The quantitative estimate of drug-likeness (QED) is 0.298. The number of halogens is 1. The van der Waals surface area contributed by atoms with Gasteiger partial charge in [0.1, 0.15) is 16.8 Å². The van der Waals surface area contributed by atoms with Crippen molar-refractivity contribution in [2.75, 3.05) is 18.3 Å². The Morgan fingerprint density at radius 1 is 1.22 bits per heavy atom. The molecule has 3 N–H and O–H groups in total. The van der Waals surface area contributed by atoms with E-state index in [9.17, 15) is 4.79 Å². The molecule has 0 spiro atoms. The molecule has 2 heterocycles. The molecule has 1 amide bonds. The summed E-state index contributed by atoms with van der Waals surface area (Å²) >= 11 is 7.39. The maximum Gasteiger partial charge on any atom is 0.242 e. The summed E-state index contributed by atoms with van der Waals surface area (Å²) in [5, 5.41) is 11.4. The Kier molecular flexibility index (Phi) is 6.38. The number of hydrogen-bond donors (Lipinski definition) is 2. The number of ether oxygens (including phenoxy) is 1. The highest BCUT2D eigenvalue weighted by Crippen LogP contribution is 2.37. The summed E-state index contributed by atoms with van der Waals surface area (Å²) in [5.41, 5.74) is 2.07. The molecule has 8 nitrogen and oxygen atoms in total. The van der Waals surface area contributed by atoms with Crippen molar-refractivity contribution in [1.82, 2.24) is 14.9 Å². The number of amides is 1. The molecular formula is C22H20ClN5O3S. The number of furan rings is 1. The van der Waals surface area contributed by atoms with E-state index in [4.69, 9.17) is 26.6 Å². The Hall–Kier alpha value is -3.43. The Morgan fingerprint density at radius 3 is 2.66 bits per heavy atom. The van der Waals surface area contributed by atoms with Crippen molar-refractivity contribution in [2.24, 2.45) is 0 Å². The predicted octanol–water partition coefficient (Wildman–Crippen LogP) is 4.69. The third-order valence-corrected chi connectivity index (χ3v) is 6.25. The molecule has 1 atom stereocenters. The van der Waals surface area contributed by atoms with Crippen molar-refractivity contribution < 1.29 is 13.9 Å². The van der Waals surface area contributed by atoms with Gasteiger partial charge in [-0.2, -0.15) is 0 Å². The Balaban J connectivity index is 1.62. The second-order valence-corrected chi connectivity index (χ2v) is 8.29. The zero-order chi connectivity index (χ0) is 22.7. The third-order valence-electron chi connectivity index (χ3n) is 4.75. The van der Waals surface area contributed by atoms with E-state index >= 15 is 0 Å². The van der Waals surface area contributed by atoms with Gasteiger partial charge in [0.15, 0.2) is 5.82 Å². The number of aryl methyl sites for hydroxylation is 1. The molecule has 0 aliphatic rings. The number of hydrogen-bond acceptors (Lipinski definition) is 7. The SMILES string of the molecule is COc1ccc(NC(=O)C(Sc2nnc(-c3ccoc3C)n2N)c2ccccc2)cc1Cl. The number of nitrogens with two attached hydrogens (primary N) is 1. The average molecular weight is 470 g/mol. The number of nitrogen functional groups attached to an aromatic ring is 1. The first-order valence-corrected chi connectivity index (χ1v) is 10.8. The molecule has 0 saturated carbocycles. The van der Waals surface area contributed by atoms with E-state index in [0.717, 1.165) is 11.1 Å². The average Bonchev–Trinajstić information content (AvgIpc) is 3.37. The molecule has 0 radical (unpaired) electrons. The molecule has 32 heavy (non-hydrogen) atoms. The second-order valence-electron chi connectivity index (χ2n) is 6.81. The fourth-order valence-corrected chi connectivity index (χ4v) is 4.33. The van der Waals surface area contributed by atoms with Gasteiger partial charge in [-0.3, -0.25) is 4.79 Å². The summed E-state index contributed by atoms with van der Waals surface area (Å²) in [7, 11) is 1.53. The number of rotatable bonds is 7. The van der Waals surface area contributed by atoms with Crippen LogP contribution < -0.4 is 15.9 Å². The van der Waals surface area contributed by atoms with Gasteiger partial charge in [-0.25, -0.2) is 4.68 Å². The molecule has 4 rings (SSSR count). The van der Waals surface area contributed by atoms with Gasteiger partial charge >= 0.3 is 0 Å². The number of thioether (sulfide) groups is 1. The van der Waals surface area contributed by atoms with Crippen LogP contribution in [0.3, 0.4) is 0 Å². The predicted molar refractivity (Wildman–Crippen MR) is 124 cm³/mol. The molecule has 164 valence electrons. The number of aromatic nitrogens is 3. The van der Waals surface area contributed by atoms with Crippen molar-refractivity contribution in [1.29, 1.82) is 0 Å². The number of carbonyl (C=O) groups is 1. The lowest BCUT2D eigenvalue weighted by Crippen LogP contribution is -2.20. The number of methoxy groups -OCH3 is 1. The van der Waals surface area contributed by atoms with E-state index in [0.29, 0.717) is 33.2 Å². The number of nitrogens with one attached hydrogen (secondary N) is 1. The van der Waals surface area contributed by atoms with Crippen molar-refractivity contribution in [3.63, 3.8) is 0 Å². The van der Waals surface area contributed by atoms with Crippen LogP contribution in [0.2, 0.25) is 5.02 Å². The molecule has 0 saturated heterocycles. The van der Waals surface area contributed by atoms with E-state index < -0.39 is 5.25 Å². The van der Waals surface area contributed by atoms with Crippen LogP contribution in [0.25, 0.3) is 11.4 Å². The topological polar surface area (TPSA) is 108 Å². The Bertz CT molecular complexity index is 1240. The summed E-state index contributed by atoms with van der Waals surface area (Å²) in [5.74, 6) is 7.65. The first-order valence-electron chi connectivity index (χ1n) is 9.59. The van der Waals surface area contributed by atoms with Gasteiger partial charge in [0, 0.05) is 5.69 Å². The van der Waals surface area contributed by atoms with E-state index in [1.165, 1.54) is 23.5 Å². The number of carbonyl (C=O) groups excluding carboxylic acids is 1. The van der Waals surface area contributed by atoms with Crippen LogP contribution in [0.4, 0.5) is 5.69 Å². The van der Waals surface area contributed by atoms with Crippen molar-refractivity contribution >= 4 is 35.0 Å². The van der Waals surface area contributed by atoms with Gasteiger partial charge in [-0.1, -0.05) is 53.7 Å². The minimum atomic E-state index is -0.637. The molecule has 2 aromatic carbocycles. The lowest BCUT2D eigenvalue weighted by atomic mass is 10.1. The molecule has 2 aromatic heterocycles. The Morgan fingerprint density at radius 2 is 2.00 bits per heavy atom. The van der Waals surface area contributed by atoms with E-state index in [2.05, 4.69) is 15.5 Å². The number of anilines is 1. The smallest absolute Gasteiger partial charge is 0.242 e. The van der Waals surface area contributed by atoms with Crippen molar-refractivity contribution in [2.45, 2.75) is 17.3 Å². The first-order chi connectivity index (χ1) is 15.5. The van der Waals surface area contributed by atoms with E-state index in [1.54, 1.807) is 30.5 Å². The maximum absolute atomic E-state index is 13.3. The molecular weight excluding hydrogens is 450 g/mol. The van der Waals surface area contributed by atoms with Gasteiger partial charge in [0.05, 0.1) is 24.0 Å². The summed E-state index contributed by atoms with van der Waals surface area (Å²) < 4.78 is 11.9. The molecule has 0 aliphatic carbocycles. The van der Waals surface area contributed by atoms with Crippen LogP contribution in [-0.2, 0) is 4.79 Å². The van der Waals surface area contributed by atoms with Crippen molar-refractivity contribution in [3.05, 3.63) is 77.2 Å². The van der Waals surface area contributed by atoms with Gasteiger partial charge < -0.3 is 20.3 Å². The van der Waals surface area contributed by atoms with Gasteiger partial charge in [0.2, 0.25) is 11.1 Å². The number of nitrogens with zero attached hydrogens (tertiary/aromatic N) is 3. The summed E-state index contributed by atoms with van der Waals surface area (Å²) in [6, 6.07) is 16.2. The molecule has 0 aliphatic heterocycles. The minimum absolute atomic E-state index is 0.258. The molecule has 4 aromatic rings. The zero-order valence-corrected chi connectivity index (χ0v) is 18.9. The lowest BCUT2D eigenvalue weighted by molar-refractivity contribution is -0.115. The molecule has 0 fully saturated rings. The lowest BCUT2D eigenvalue weighted by Gasteiger charge is -2.17. The van der Waals surface area contributed by atoms with E-state index in [1.807, 2.05) is 37.3 Å². The normalized spacial score (nSPS) is 11.8. The summed E-state index contributed by atoms with van der Waals surface area (Å²) in [6.07, 6.45) is 1.56. The summed E-state index contributed by atoms with van der Waals surface area (Å²) in [6.45, 7) is 1.82. The summed E-state index contributed by atoms with van der Waals surface area (Å²) in [4.78, 5) is 13.3. The van der Waals surface area contributed by atoms with Crippen molar-refractivity contribution in [3.8, 4) is 17.1 Å². The fraction of sp³-hybridized carbons (Fsp3) is 0.136. The van der Waals surface area contributed by atoms with Crippen LogP contribution in [0.5, 0.6) is 5.75 Å².